The fourth-order valence-corrected chi connectivity index (χ4v) is 4.48. The molecule has 2 aliphatic heterocycles. The van der Waals surface area contributed by atoms with E-state index in [-0.39, 0.29) is 23.7 Å². The van der Waals surface area contributed by atoms with Crippen LogP contribution in [-0.4, -0.2) is 43.1 Å². The zero-order valence-electron chi connectivity index (χ0n) is 16.5. The second kappa shape index (κ2) is 9.37. The minimum atomic E-state index is -0.202. The lowest BCUT2D eigenvalue weighted by molar-refractivity contribution is -0.133. The van der Waals surface area contributed by atoms with Crippen molar-refractivity contribution in [1.82, 2.24) is 15.8 Å². The summed E-state index contributed by atoms with van der Waals surface area (Å²) in [6.07, 6.45) is 2.44. The van der Waals surface area contributed by atoms with Crippen molar-refractivity contribution in [2.45, 2.75) is 31.2 Å². The van der Waals surface area contributed by atoms with E-state index in [1.807, 2.05) is 41.3 Å². The number of nitrogens with zero attached hydrogens (tertiary/aromatic N) is 1. The molecule has 3 unspecified atom stereocenters. The molecule has 4 rings (SSSR count). The standard InChI is InChI=1S/C23H28FN3O2/c24-19-8-4-6-17(14-19)21-15-25-26-23(21)18-7-5-12-27(16-18)22(28)11-13-29-20-9-2-1-3-10-20/h1-4,6,8-10,14,18,21,23,25-26H,5,7,11-13,15-16H2. The number of ether oxygens (including phenoxy) is 1. The number of hydrogen-bond acceptors (Lipinski definition) is 4. The molecule has 0 aromatic heterocycles. The summed E-state index contributed by atoms with van der Waals surface area (Å²) in [6.45, 7) is 2.68. The van der Waals surface area contributed by atoms with Crippen molar-refractivity contribution in [3.8, 4) is 5.75 Å². The van der Waals surface area contributed by atoms with E-state index in [1.165, 1.54) is 6.07 Å². The quantitative estimate of drug-likeness (QED) is 0.787. The first kappa shape index (κ1) is 19.9. The molecule has 29 heavy (non-hydrogen) atoms. The van der Waals surface area contributed by atoms with Crippen LogP contribution in [-0.2, 0) is 4.79 Å². The third kappa shape index (κ3) is 4.95. The molecule has 2 aromatic carbocycles. The largest absolute Gasteiger partial charge is 0.493 e. The van der Waals surface area contributed by atoms with Crippen LogP contribution in [0.15, 0.2) is 54.6 Å². The molecular formula is C23H28FN3O2. The maximum atomic E-state index is 13.7. The third-order valence-electron chi connectivity index (χ3n) is 5.95. The zero-order valence-corrected chi connectivity index (χ0v) is 16.5. The van der Waals surface area contributed by atoms with Crippen molar-refractivity contribution in [3.05, 3.63) is 66.0 Å². The zero-order chi connectivity index (χ0) is 20.1. The maximum Gasteiger partial charge on any atom is 0.226 e. The highest BCUT2D eigenvalue weighted by molar-refractivity contribution is 5.76. The topological polar surface area (TPSA) is 53.6 Å². The Labute approximate surface area is 171 Å². The van der Waals surface area contributed by atoms with Crippen LogP contribution in [0.1, 0.15) is 30.7 Å². The minimum absolute atomic E-state index is 0.138. The van der Waals surface area contributed by atoms with Gasteiger partial charge < -0.3 is 9.64 Å². The SMILES string of the molecule is O=C(CCOc1ccccc1)N1CCCC(C2NNCC2c2cccc(F)c2)C1. The molecule has 2 saturated heterocycles. The number of carbonyl (C=O) groups is 1. The molecule has 154 valence electrons. The Morgan fingerprint density at radius 3 is 2.86 bits per heavy atom. The fourth-order valence-electron chi connectivity index (χ4n) is 4.48. The van der Waals surface area contributed by atoms with Crippen molar-refractivity contribution in [3.63, 3.8) is 0 Å². The van der Waals surface area contributed by atoms with E-state index in [4.69, 9.17) is 4.74 Å². The number of hydrogen-bond donors (Lipinski definition) is 2. The second-order valence-corrected chi connectivity index (χ2v) is 7.87. The molecule has 0 aliphatic carbocycles. The summed E-state index contributed by atoms with van der Waals surface area (Å²) in [7, 11) is 0. The van der Waals surface area contributed by atoms with Crippen molar-refractivity contribution < 1.29 is 13.9 Å². The minimum Gasteiger partial charge on any atom is -0.493 e. The molecule has 2 aromatic rings. The molecule has 0 spiro atoms. The van der Waals surface area contributed by atoms with Gasteiger partial charge in [0.2, 0.25) is 5.91 Å². The first-order valence-electron chi connectivity index (χ1n) is 10.4. The molecule has 3 atom stereocenters. The predicted octanol–water partition coefficient (Wildman–Crippen LogP) is 3.09. The van der Waals surface area contributed by atoms with E-state index in [2.05, 4.69) is 10.9 Å². The van der Waals surface area contributed by atoms with Crippen molar-refractivity contribution in [2.24, 2.45) is 5.92 Å². The van der Waals surface area contributed by atoms with Crippen molar-refractivity contribution in [2.75, 3.05) is 26.2 Å². The van der Waals surface area contributed by atoms with Gasteiger partial charge in [-0.25, -0.2) is 4.39 Å². The van der Waals surface area contributed by atoms with E-state index < -0.39 is 0 Å². The monoisotopic (exact) mass is 397 g/mol. The van der Waals surface area contributed by atoms with Gasteiger partial charge >= 0.3 is 0 Å². The van der Waals surface area contributed by atoms with E-state index in [1.54, 1.807) is 12.1 Å². The fraction of sp³-hybridized carbons (Fsp3) is 0.435. The normalized spacial score (nSPS) is 24.4. The van der Waals surface area contributed by atoms with Crippen LogP contribution in [0.4, 0.5) is 4.39 Å². The number of hydrazine groups is 1. The van der Waals surface area contributed by atoms with Crippen molar-refractivity contribution >= 4 is 5.91 Å². The Hall–Kier alpha value is -2.44. The van der Waals surface area contributed by atoms with Gasteiger partial charge in [0, 0.05) is 31.6 Å². The molecule has 2 N–H and O–H groups in total. The summed E-state index contributed by atoms with van der Waals surface area (Å²) in [5, 5.41) is 0. The molecule has 0 radical (unpaired) electrons. The molecule has 0 saturated carbocycles. The number of carbonyl (C=O) groups excluding carboxylic acids is 1. The maximum absolute atomic E-state index is 13.7. The lowest BCUT2D eigenvalue weighted by Gasteiger charge is -2.37. The van der Waals surface area contributed by atoms with Gasteiger partial charge in [-0.1, -0.05) is 30.3 Å². The van der Waals surface area contributed by atoms with Crippen LogP contribution in [0.25, 0.3) is 0 Å². The van der Waals surface area contributed by atoms with Crippen LogP contribution in [0.3, 0.4) is 0 Å². The Morgan fingerprint density at radius 1 is 1.17 bits per heavy atom. The van der Waals surface area contributed by atoms with Gasteiger partial charge in [0.1, 0.15) is 11.6 Å². The highest BCUT2D eigenvalue weighted by Gasteiger charge is 2.37. The summed E-state index contributed by atoms with van der Waals surface area (Å²) >= 11 is 0. The Bertz CT molecular complexity index is 817. The highest BCUT2D eigenvalue weighted by atomic mass is 19.1. The number of rotatable bonds is 6. The molecule has 5 nitrogen and oxygen atoms in total. The number of likely N-dealkylation sites (tertiary alicyclic amines) is 1. The second-order valence-electron chi connectivity index (χ2n) is 7.87. The molecule has 2 fully saturated rings. The van der Waals surface area contributed by atoms with Gasteiger partial charge in [0.15, 0.2) is 0 Å². The number of halogens is 1. The summed E-state index contributed by atoms with van der Waals surface area (Å²) < 4.78 is 19.4. The smallest absolute Gasteiger partial charge is 0.226 e. The van der Waals surface area contributed by atoms with Crippen LogP contribution in [0.2, 0.25) is 0 Å². The van der Waals surface area contributed by atoms with Gasteiger partial charge in [0.05, 0.1) is 13.0 Å². The first-order chi connectivity index (χ1) is 14.2. The van der Waals surface area contributed by atoms with Crippen LogP contribution in [0, 0.1) is 11.7 Å². The van der Waals surface area contributed by atoms with Crippen LogP contribution in [0.5, 0.6) is 5.75 Å². The van der Waals surface area contributed by atoms with Gasteiger partial charge in [-0.05, 0) is 48.6 Å². The van der Waals surface area contributed by atoms with Gasteiger partial charge in [0.25, 0.3) is 0 Å². The van der Waals surface area contributed by atoms with Gasteiger partial charge in [-0.3, -0.25) is 15.6 Å². The lowest BCUT2D eigenvalue weighted by atomic mass is 9.81. The number of piperidine rings is 1. The van der Waals surface area contributed by atoms with Crippen molar-refractivity contribution in [1.29, 1.82) is 0 Å². The summed E-state index contributed by atoms with van der Waals surface area (Å²) in [6, 6.07) is 16.6. The van der Waals surface area contributed by atoms with Crippen LogP contribution < -0.4 is 15.6 Å². The predicted molar refractivity (Wildman–Crippen MR) is 110 cm³/mol. The Kier molecular flexibility index (Phi) is 6.42. The van der Waals surface area contributed by atoms with E-state index in [0.29, 0.717) is 18.9 Å². The van der Waals surface area contributed by atoms with E-state index in [9.17, 15) is 9.18 Å². The van der Waals surface area contributed by atoms with Gasteiger partial charge in [-0.2, -0.15) is 0 Å². The molecule has 0 bridgehead atoms. The van der Waals surface area contributed by atoms with E-state index >= 15 is 0 Å². The highest BCUT2D eigenvalue weighted by Crippen LogP contribution is 2.32. The number of benzene rings is 2. The summed E-state index contributed by atoms with van der Waals surface area (Å²) in [5.74, 6) is 1.26. The molecule has 2 aliphatic rings. The first-order valence-corrected chi connectivity index (χ1v) is 10.4. The lowest BCUT2D eigenvalue weighted by Crippen LogP contribution is -2.48. The third-order valence-corrected chi connectivity index (χ3v) is 5.95. The van der Waals surface area contributed by atoms with Gasteiger partial charge in [-0.15, -0.1) is 0 Å². The average Bonchev–Trinajstić information content (AvgIpc) is 3.25. The molecule has 6 heteroatoms. The molecule has 2 heterocycles. The Morgan fingerprint density at radius 2 is 2.03 bits per heavy atom. The Balaban J connectivity index is 1.33. The van der Waals surface area contributed by atoms with Crippen LogP contribution >= 0.6 is 0 Å². The molecule has 1 amide bonds. The molecular weight excluding hydrogens is 369 g/mol. The summed E-state index contributed by atoms with van der Waals surface area (Å²) in [4.78, 5) is 14.7. The average molecular weight is 397 g/mol. The summed E-state index contributed by atoms with van der Waals surface area (Å²) in [5.41, 5.74) is 7.63. The number of para-hydroxylation sites is 1. The number of nitrogens with one attached hydrogen (secondary N) is 2. The van der Waals surface area contributed by atoms with E-state index in [0.717, 1.165) is 43.8 Å². The number of amides is 1.